The summed E-state index contributed by atoms with van der Waals surface area (Å²) < 4.78 is 5.33. The van der Waals surface area contributed by atoms with E-state index in [1.54, 1.807) is 0 Å². The summed E-state index contributed by atoms with van der Waals surface area (Å²) in [5.41, 5.74) is 1.19. The molecule has 0 saturated heterocycles. The summed E-state index contributed by atoms with van der Waals surface area (Å²) in [6.45, 7) is 3.04. The van der Waals surface area contributed by atoms with Gasteiger partial charge < -0.3 is 15.0 Å². The molecule has 0 aliphatic carbocycles. The van der Waals surface area contributed by atoms with Gasteiger partial charge in [-0.3, -0.25) is 4.99 Å². The number of nitrogens with one attached hydrogen (secondary N) is 1. The lowest BCUT2D eigenvalue weighted by atomic mass is 10.2. The van der Waals surface area contributed by atoms with E-state index in [0.717, 1.165) is 37.8 Å². The number of benzene rings is 1. The van der Waals surface area contributed by atoms with Gasteiger partial charge in [-0.05, 0) is 24.1 Å². The minimum absolute atomic E-state index is 0.305. The van der Waals surface area contributed by atoms with Crippen molar-refractivity contribution in [1.82, 2.24) is 10.2 Å². The third-order valence-electron chi connectivity index (χ3n) is 2.97. The van der Waals surface area contributed by atoms with Crippen LogP contribution in [0.3, 0.4) is 0 Å². The predicted octanol–water partition coefficient (Wildman–Crippen LogP) is 1.48. The molecule has 19 heavy (non-hydrogen) atoms. The van der Waals surface area contributed by atoms with Crippen LogP contribution in [0.2, 0.25) is 0 Å². The fraction of sp³-hybridized carbons (Fsp3) is 0.400. The Morgan fingerprint density at radius 3 is 2.89 bits per heavy atom. The van der Waals surface area contributed by atoms with Crippen LogP contribution in [-0.4, -0.2) is 37.6 Å². The Hall–Kier alpha value is -2.15. The molecule has 1 aromatic rings. The molecule has 0 aromatic heterocycles. The van der Waals surface area contributed by atoms with Crippen molar-refractivity contribution in [3.8, 4) is 18.1 Å². The summed E-state index contributed by atoms with van der Waals surface area (Å²) in [5.74, 6) is 4.22. The summed E-state index contributed by atoms with van der Waals surface area (Å²) in [6.07, 6.45) is 6.27. The number of hydrogen-bond acceptors (Lipinski definition) is 4. The zero-order valence-corrected chi connectivity index (χ0v) is 11.2. The zero-order chi connectivity index (χ0) is 13.5. The van der Waals surface area contributed by atoms with Crippen molar-refractivity contribution in [1.29, 1.82) is 0 Å². The molecule has 1 aliphatic heterocycles. The van der Waals surface area contributed by atoms with E-state index in [4.69, 9.17) is 11.2 Å². The number of guanidine groups is 1. The van der Waals surface area contributed by atoms with Crippen LogP contribution in [0, 0.1) is 12.3 Å². The Morgan fingerprint density at radius 2 is 2.21 bits per heavy atom. The number of hydrogen-bond donors (Lipinski definition) is 1. The van der Waals surface area contributed by atoms with Gasteiger partial charge in [-0.25, -0.2) is 0 Å². The SMILES string of the molecule is C#CCOc1ccc(CNC2=NCCCN2C)cc1. The highest BCUT2D eigenvalue weighted by Gasteiger charge is 2.09. The Bertz CT molecular complexity index is 473. The lowest BCUT2D eigenvalue weighted by Gasteiger charge is -2.25. The standard InChI is InChI=1S/C15H19N3O/c1-3-11-19-14-7-5-13(6-8-14)12-17-15-16-9-4-10-18(15)2/h1,5-8H,4,9-12H2,2H3,(H,16,17). The second kappa shape index (κ2) is 6.69. The number of terminal acetylenes is 1. The lowest BCUT2D eigenvalue weighted by Crippen LogP contribution is -2.41. The smallest absolute Gasteiger partial charge is 0.193 e. The summed E-state index contributed by atoms with van der Waals surface area (Å²) in [5, 5.41) is 3.35. The third-order valence-corrected chi connectivity index (χ3v) is 2.97. The Kier molecular flexibility index (Phi) is 4.68. The first-order valence-electron chi connectivity index (χ1n) is 6.44. The van der Waals surface area contributed by atoms with Gasteiger partial charge in [-0.2, -0.15) is 0 Å². The molecule has 0 unspecified atom stereocenters. The van der Waals surface area contributed by atoms with Gasteiger partial charge in [0.2, 0.25) is 0 Å². The van der Waals surface area contributed by atoms with Crippen LogP contribution in [0.25, 0.3) is 0 Å². The highest BCUT2D eigenvalue weighted by atomic mass is 16.5. The van der Waals surface area contributed by atoms with Crippen LogP contribution < -0.4 is 10.1 Å². The monoisotopic (exact) mass is 257 g/mol. The minimum Gasteiger partial charge on any atom is -0.481 e. The molecule has 4 nitrogen and oxygen atoms in total. The number of ether oxygens (including phenoxy) is 1. The van der Waals surface area contributed by atoms with Crippen molar-refractivity contribution in [3.63, 3.8) is 0 Å². The van der Waals surface area contributed by atoms with Gasteiger partial charge in [-0.1, -0.05) is 18.1 Å². The molecule has 1 N–H and O–H groups in total. The summed E-state index contributed by atoms with van der Waals surface area (Å²) in [6, 6.07) is 7.92. The van der Waals surface area contributed by atoms with Gasteiger partial charge >= 0.3 is 0 Å². The van der Waals surface area contributed by atoms with Crippen LogP contribution in [0.1, 0.15) is 12.0 Å². The molecule has 100 valence electrons. The maximum atomic E-state index is 5.33. The largest absolute Gasteiger partial charge is 0.481 e. The van der Waals surface area contributed by atoms with Gasteiger partial charge in [-0.15, -0.1) is 6.42 Å². The quantitative estimate of drug-likeness (QED) is 0.830. The van der Waals surface area contributed by atoms with Crippen LogP contribution in [0.4, 0.5) is 0 Å². The first-order valence-corrected chi connectivity index (χ1v) is 6.44. The van der Waals surface area contributed by atoms with Crippen molar-refractivity contribution < 1.29 is 4.74 Å². The van der Waals surface area contributed by atoms with Crippen molar-refractivity contribution >= 4 is 5.96 Å². The van der Waals surface area contributed by atoms with Crippen molar-refractivity contribution in [2.45, 2.75) is 13.0 Å². The summed E-state index contributed by atoms with van der Waals surface area (Å²) in [4.78, 5) is 6.61. The molecule has 0 fully saturated rings. The van der Waals surface area contributed by atoms with E-state index in [1.807, 2.05) is 24.3 Å². The Morgan fingerprint density at radius 1 is 1.42 bits per heavy atom. The third kappa shape index (κ3) is 3.92. The van der Waals surface area contributed by atoms with E-state index >= 15 is 0 Å². The molecule has 0 amide bonds. The lowest BCUT2D eigenvalue weighted by molar-refractivity contribution is 0.370. The number of nitrogens with zero attached hydrogens (tertiary/aromatic N) is 2. The van der Waals surface area contributed by atoms with Gasteiger partial charge in [0, 0.05) is 26.7 Å². The van der Waals surface area contributed by atoms with E-state index in [1.165, 1.54) is 5.56 Å². The second-order valence-corrected chi connectivity index (χ2v) is 4.47. The fourth-order valence-corrected chi connectivity index (χ4v) is 1.92. The fourth-order valence-electron chi connectivity index (χ4n) is 1.92. The van der Waals surface area contributed by atoms with Crippen LogP contribution in [-0.2, 0) is 6.54 Å². The highest BCUT2D eigenvalue weighted by molar-refractivity contribution is 5.80. The molecule has 1 aliphatic rings. The molecule has 0 spiro atoms. The van der Waals surface area contributed by atoms with Crippen LogP contribution in [0.15, 0.2) is 29.3 Å². The Labute approximate surface area is 114 Å². The van der Waals surface area contributed by atoms with Gasteiger partial charge in [0.15, 0.2) is 5.96 Å². The average Bonchev–Trinajstić information content (AvgIpc) is 2.45. The predicted molar refractivity (Wildman–Crippen MR) is 77.2 cm³/mol. The molecule has 4 heteroatoms. The molecule has 0 saturated carbocycles. The molecule has 0 atom stereocenters. The maximum absolute atomic E-state index is 5.33. The van der Waals surface area contributed by atoms with Gasteiger partial charge in [0.1, 0.15) is 12.4 Å². The Balaban J connectivity index is 1.86. The molecule has 0 radical (unpaired) electrons. The van der Waals surface area contributed by atoms with Crippen molar-refractivity contribution in [2.75, 3.05) is 26.7 Å². The zero-order valence-electron chi connectivity index (χ0n) is 11.2. The normalized spacial score (nSPS) is 14.5. The molecular weight excluding hydrogens is 238 g/mol. The molecule has 0 bridgehead atoms. The average molecular weight is 257 g/mol. The van der Waals surface area contributed by atoms with Gasteiger partial charge in [0.25, 0.3) is 0 Å². The molecule has 2 rings (SSSR count). The number of rotatable bonds is 4. The van der Waals surface area contributed by atoms with E-state index in [0.29, 0.717) is 6.61 Å². The van der Waals surface area contributed by atoms with Crippen LogP contribution >= 0.6 is 0 Å². The van der Waals surface area contributed by atoms with E-state index in [2.05, 4.69) is 28.2 Å². The van der Waals surface area contributed by atoms with E-state index < -0.39 is 0 Å². The summed E-state index contributed by atoms with van der Waals surface area (Å²) in [7, 11) is 2.06. The van der Waals surface area contributed by atoms with Crippen molar-refractivity contribution in [2.24, 2.45) is 4.99 Å². The highest BCUT2D eigenvalue weighted by Crippen LogP contribution is 2.12. The van der Waals surface area contributed by atoms with E-state index in [-0.39, 0.29) is 0 Å². The van der Waals surface area contributed by atoms with Crippen molar-refractivity contribution in [3.05, 3.63) is 29.8 Å². The first kappa shape index (κ1) is 13.3. The maximum Gasteiger partial charge on any atom is 0.193 e. The second-order valence-electron chi connectivity index (χ2n) is 4.47. The molecular formula is C15H19N3O. The first-order chi connectivity index (χ1) is 9.29. The van der Waals surface area contributed by atoms with E-state index in [9.17, 15) is 0 Å². The molecule has 1 aromatic carbocycles. The van der Waals surface area contributed by atoms with Gasteiger partial charge in [0.05, 0.1) is 0 Å². The van der Waals surface area contributed by atoms with Crippen LogP contribution in [0.5, 0.6) is 5.75 Å². The minimum atomic E-state index is 0.305. The molecule has 1 heterocycles. The number of aliphatic imine (C=N–C) groups is 1. The summed E-state index contributed by atoms with van der Waals surface area (Å²) >= 11 is 0. The topological polar surface area (TPSA) is 36.9 Å².